The van der Waals surface area contributed by atoms with Gasteiger partial charge in [0, 0.05) is 53.4 Å². The van der Waals surface area contributed by atoms with Crippen LogP contribution in [0.4, 0.5) is 4.39 Å². The lowest BCUT2D eigenvalue weighted by Gasteiger charge is -2.38. The summed E-state index contributed by atoms with van der Waals surface area (Å²) in [5.41, 5.74) is 2.92. The summed E-state index contributed by atoms with van der Waals surface area (Å²) >= 11 is 5.92. The van der Waals surface area contributed by atoms with Gasteiger partial charge >= 0.3 is 0 Å². The second-order valence-electron chi connectivity index (χ2n) is 12.2. The van der Waals surface area contributed by atoms with Crippen molar-refractivity contribution in [2.45, 2.75) is 43.3 Å². The molecule has 0 saturated carbocycles. The van der Waals surface area contributed by atoms with E-state index in [0.29, 0.717) is 36.5 Å². The summed E-state index contributed by atoms with van der Waals surface area (Å²) in [5, 5.41) is 11.5. The van der Waals surface area contributed by atoms with Gasteiger partial charge in [0.05, 0.1) is 32.3 Å². The van der Waals surface area contributed by atoms with Crippen molar-refractivity contribution in [3.8, 4) is 23.0 Å². The number of carbonyl (C=O) groups excluding carboxylic acids is 1. The van der Waals surface area contributed by atoms with Crippen LogP contribution in [0.5, 0.6) is 23.0 Å². The van der Waals surface area contributed by atoms with E-state index in [4.69, 9.17) is 30.5 Å². The first-order valence-corrected chi connectivity index (χ1v) is 16.3. The monoisotopic (exact) mass is 659 g/mol. The van der Waals surface area contributed by atoms with Crippen LogP contribution in [0, 0.1) is 5.82 Å². The lowest BCUT2D eigenvalue weighted by atomic mass is 9.84. The fraction of sp³-hybridized carbons (Fsp3) is 0.342. The Morgan fingerprint density at radius 1 is 0.915 bits per heavy atom. The molecule has 0 bridgehead atoms. The Morgan fingerprint density at radius 2 is 1.55 bits per heavy atom. The minimum atomic E-state index is -0.801. The summed E-state index contributed by atoms with van der Waals surface area (Å²) in [6.07, 6.45) is 2.54. The van der Waals surface area contributed by atoms with Gasteiger partial charge < -0.3 is 29.0 Å². The average molecular weight is 660 g/mol. The topological polar surface area (TPSA) is 77.5 Å². The number of halogens is 2. The summed E-state index contributed by atoms with van der Waals surface area (Å²) in [6, 6.07) is 24.9. The summed E-state index contributed by atoms with van der Waals surface area (Å²) in [4.78, 5) is 14.4. The quantitative estimate of drug-likeness (QED) is 0.194. The van der Waals surface area contributed by atoms with Crippen LogP contribution in [0.15, 0.2) is 84.9 Å². The molecule has 3 heterocycles. The molecule has 0 aliphatic carbocycles. The van der Waals surface area contributed by atoms with Gasteiger partial charge in [-0.25, -0.2) is 4.39 Å². The van der Waals surface area contributed by atoms with Gasteiger partial charge in [-0.2, -0.15) is 0 Å². The van der Waals surface area contributed by atoms with Gasteiger partial charge in [0.15, 0.2) is 5.78 Å². The maximum Gasteiger partial charge on any atom is 0.162 e. The maximum absolute atomic E-state index is 12.9. The van der Waals surface area contributed by atoms with Crippen molar-refractivity contribution in [1.82, 2.24) is 4.90 Å². The van der Waals surface area contributed by atoms with Gasteiger partial charge in [-0.1, -0.05) is 29.8 Å². The Balaban J connectivity index is 0.000000168. The van der Waals surface area contributed by atoms with Crippen LogP contribution >= 0.6 is 11.6 Å². The lowest BCUT2D eigenvalue weighted by molar-refractivity contribution is -0.0260. The van der Waals surface area contributed by atoms with Crippen LogP contribution in [-0.4, -0.2) is 56.3 Å². The zero-order valence-corrected chi connectivity index (χ0v) is 27.3. The molecular formula is C38H39ClFNO6. The molecule has 7 rings (SSSR count). The number of carbonyl (C=O) groups is 1. The van der Waals surface area contributed by atoms with E-state index in [1.165, 1.54) is 29.8 Å². The van der Waals surface area contributed by atoms with Gasteiger partial charge in [-0.15, -0.1) is 0 Å². The predicted octanol–water partition coefficient (Wildman–Crippen LogP) is 7.74. The van der Waals surface area contributed by atoms with E-state index in [9.17, 15) is 14.3 Å². The predicted molar refractivity (Wildman–Crippen MR) is 179 cm³/mol. The number of Topliss-reactive ketones (excluding diaryl/α,β-unsaturated/α-hetero) is 1. The number of hydrogen-bond acceptors (Lipinski definition) is 7. The Labute approximate surface area is 279 Å². The van der Waals surface area contributed by atoms with E-state index in [2.05, 4.69) is 11.0 Å². The molecule has 0 amide bonds. The van der Waals surface area contributed by atoms with Crippen LogP contribution in [0.25, 0.3) is 0 Å². The van der Waals surface area contributed by atoms with Gasteiger partial charge in [0.2, 0.25) is 0 Å². The number of piperidine rings is 1. The lowest BCUT2D eigenvalue weighted by Crippen LogP contribution is -2.42. The van der Waals surface area contributed by atoms with Gasteiger partial charge in [0.1, 0.15) is 34.9 Å². The highest BCUT2D eigenvalue weighted by Crippen LogP contribution is 2.52. The van der Waals surface area contributed by atoms with Crippen molar-refractivity contribution in [2.75, 3.05) is 40.5 Å². The molecular weight excluding hydrogens is 621 g/mol. The molecule has 0 spiro atoms. The minimum Gasteiger partial charge on any atom is -0.497 e. The molecule has 7 nitrogen and oxygen atoms in total. The SMILES string of the molecule is COc1ccc2c(c1)OC1c3ccc(OC)cc3OCC21.O=C(CCCN1CCC(O)(c2ccc(Cl)cc2)CC1)c1ccc(F)cc1. The number of likely N-dealkylation sites (tertiary alicyclic amines) is 1. The number of nitrogens with zero attached hydrogens (tertiary/aromatic N) is 1. The number of fused-ring (bicyclic) bond motifs is 5. The Hall–Kier alpha value is -4.11. The number of aliphatic hydroxyl groups is 1. The number of rotatable bonds is 8. The van der Waals surface area contributed by atoms with E-state index in [-0.39, 0.29) is 23.6 Å². The number of benzene rings is 4. The van der Waals surface area contributed by atoms with Crippen LogP contribution in [0.3, 0.4) is 0 Å². The molecule has 4 aromatic rings. The third kappa shape index (κ3) is 7.40. The van der Waals surface area contributed by atoms with E-state index in [0.717, 1.165) is 60.2 Å². The summed E-state index contributed by atoms with van der Waals surface area (Å²) in [6.45, 7) is 3.03. The molecule has 1 fully saturated rings. The summed E-state index contributed by atoms with van der Waals surface area (Å²) in [5.74, 6) is 3.27. The number of ether oxygens (including phenoxy) is 4. The maximum atomic E-state index is 12.9. The highest BCUT2D eigenvalue weighted by molar-refractivity contribution is 6.30. The third-order valence-electron chi connectivity index (χ3n) is 9.29. The van der Waals surface area contributed by atoms with Crippen molar-refractivity contribution in [1.29, 1.82) is 0 Å². The van der Waals surface area contributed by atoms with Crippen LogP contribution in [0.2, 0.25) is 5.02 Å². The molecule has 9 heteroatoms. The Morgan fingerprint density at radius 3 is 2.21 bits per heavy atom. The average Bonchev–Trinajstić information content (AvgIpc) is 3.48. The van der Waals surface area contributed by atoms with E-state index in [1.807, 2.05) is 54.6 Å². The van der Waals surface area contributed by atoms with Gasteiger partial charge in [-0.05, 0) is 86.0 Å². The van der Waals surface area contributed by atoms with E-state index < -0.39 is 5.60 Å². The van der Waals surface area contributed by atoms with Crippen LogP contribution < -0.4 is 18.9 Å². The van der Waals surface area contributed by atoms with E-state index in [1.54, 1.807) is 14.2 Å². The normalized spacial score (nSPS) is 19.1. The Bertz CT molecular complexity index is 1690. The molecule has 246 valence electrons. The molecule has 47 heavy (non-hydrogen) atoms. The highest BCUT2D eigenvalue weighted by atomic mass is 35.5. The standard InChI is InChI=1S/C21H23ClFNO2.C17H16O4/c22-18-7-5-17(6-8-18)21(26)11-14-24(15-12-21)13-1-2-20(25)16-3-9-19(23)10-4-16;1-18-10-4-6-13-15(7-10)20-9-14-12-5-3-11(19-2)8-16(12)21-17(13)14/h3-10,26H,1-2,11-15H2;3-8,14,17H,9H2,1-2H3. The zero-order valence-electron chi connectivity index (χ0n) is 26.6. The first kappa shape index (κ1) is 32.8. The summed E-state index contributed by atoms with van der Waals surface area (Å²) in [7, 11) is 3.32. The Kier molecular flexibility index (Phi) is 10.0. The van der Waals surface area contributed by atoms with Crippen molar-refractivity contribution >= 4 is 17.4 Å². The molecule has 2 atom stereocenters. The van der Waals surface area contributed by atoms with Gasteiger partial charge in [0.25, 0.3) is 0 Å². The molecule has 1 saturated heterocycles. The largest absolute Gasteiger partial charge is 0.497 e. The smallest absolute Gasteiger partial charge is 0.162 e. The molecule has 4 aromatic carbocycles. The van der Waals surface area contributed by atoms with Crippen LogP contribution in [0.1, 0.15) is 64.8 Å². The first-order chi connectivity index (χ1) is 22.8. The zero-order chi connectivity index (χ0) is 33.0. The molecule has 0 radical (unpaired) electrons. The number of methoxy groups -OCH3 is 2. The molecule has 0 aromatic heterocycles. The van der Waals surface area contributed by atoms with Crippen molar-refractivity contribution in [3.63, 3.8) is 0 Å². The molecule has 3 aliphatic heterocycles. The molecule has 1 N–H and O–H groups in total. The van der Waals surface area contributed by atoms with Crippen LogP contribution in [-0.2, 0) is 5.60 Å². The van der Waals surface area contributed by atoms with Crippen molar-refractivity contribution in [3.05, 3.63) is 118 Å². The fourth-order valence-electron chi connectivity index (χ4n) is 6.51. The number of ketones is 1. The molecule has 2 unspecified atom stereocenters. The fourth-order valence-corrected chi connectivity index (χ4v) is 6.64. The van der Waals surface area contributed by atoms with Gasteiger partial charge in [-0.3, -0.25) is 4.79 Å². The highest BCUT2D eigenvalue weighted by Gasteiger charge is 2.41. The van der Waals surface area contributed by atoms with E-state index >= 15 is 0 Å². The third-order valence-corrected chi connectivity index (χ3v) is 9.55. The second kappa shape index (κ2) is 14.3. The molecule has 3 aliphatic rings. The minimum absolute atomic E-state index is 0.00163. The number of hydrogen-bond donors (Lipinski definition) is 1. The summed E-state index contributed by atoms with van der Waals surface area (Å²) < 4.78 is 35.5. The van der Waals surface area contributed by atoms with Crippen molar-refractivity contribution in [2.24, 2.45) is 0 Å². The first-order valence-electron chi connectivity index (χ1n) is 15.9. The van der Waals surface area contributed by atoms with Crippen molar-refractivity contribution < 1.29 is 33.2 Å². The second-order valence-corrected chi connectivity index (χ2v) is 12.6.